The first-order chi connectivity index (χ1) is 8.61. The first kappa shape index (κ1) is 13.6. The van der Waals surface area contributed by atoms with Crippen molar-refractivity contribution in [3.8, 4) is 0 Å². The van der Waals surface area contributed by atoms with Crippen molar-refractivity contribution in [1.82, 2.24) is 4.72 Å². The average Bonchev–Trinajstić information content (AvgIpc) is 2.36. The third kappa shape index (κ3) is 3.56. The minimum Gasteiger partial charge on any atom is -0.212 e. The van der Waals surface area contributed by atoms with E-state index in [2.05, 4.69) is 16.9 Å². The minimum absolute atomic E-state index is 0.206. The largest absolute Gasteiger partial charge is 0.212 e. The van der Waals surface area contributed by atoms with Gasteiger partial charge in [-0.15, -0.1) is 0 Å². The monoisotopic (exact) mass is 267 g/mol. The molecule has 18 heavy (non-hydrogen) atoms. The van der Waals surface area contributed by atoms with E-state index in [1.165, 1.54) is 24.0 Å². The summed E-state index contributed by atoms with van der Waals surface area (Å²) in [5.41, 5.74) is 3.89. The Morgan fingerprint density at radius 1 is 1.17 bits per heavy atom. The van der Waals surface area contributed by atoms with Gasteiger partial charge in [-0.25, -0.2) is 13.1 Å². The van der Waals surface area contributed by atoms with Gasteiger partial charge < -0.3 is 0 Å². The first-order valence-electron chi connectivity index (χ1n) is 6.69. The molecule has 0 spiro atoms. The van der Waals surface area contributed by atoms with Crippen molar-refractivity contribution in [3.05, 3.63) is 34.9 Å². The van der Waals surface area contributed by atoms with E-state index in [-0.39, 0.29) is 5.75 Å². The molecule has 1 aromatic carbocycles. The van der Waals surface area contributed by atoms with Gasteiger partial charge in [-0.3, -0.25) is 0 Å². The van der Waals surface area contributed by atoms with Crippen LogP contribution in [0.5, 0.6) is 0 Å². The highest BCUT2D eigenvalue weighted by Gasteiger charge is 2.11. The molecule has 1 aliphatic rings. The molecule has 4 heteroatoms. The zero-order valence-electron chi connectivity index (χ0n) is 10.9. The van der Waals surface area contributed by atoms with Crippen LogP contribution in [-0.2, 0) is 29.4 Å². The van der Waals surface area contributed by atoms with Gasteiger partial charge in [-0.2, -0.15) is 0 Å². The molecule has 0 aromatic heterocycles. The number of hydrogen-bond acceptors (Lipinski definition) is 2. The maximum atomic E-state index is 11.6. The molecular formula is C14H21NO2S. The summed E-state index contributed by atoms with van der Waals surface area (Å²) in [6, 6.07) is 6.35. The van der Waals surface area contributed by atoms with Crippen LogP contribution in [0.2, 0.25) is 0 Å². The van der Waals surface area contributed by atoms with Gasteiger partial charge in [0, 0.05) is 6.54 Å². The van der Waals surface area contributed by atoms with Crippen LogP contribution >= 0.6 is 0 Å². The van der Waals surface area contributed by atoms with Crippen LogP contribution in [-0.4, -0.2) is 14.2 Å². The summed E-state index contributed by atoms with van der Waals surface area (Å²) in [5, 5.41) is 0. The van der Waals surface area contributed by atoms with Gasteiger partial charge in [0.1, 0.15) is 0 Å². The summed E-state index contributed by atoms with van der Waals surface area (Å²) in [5.74, 6) is 0.206. The molecule has 0 aliphatic heterocycles. The predicted molar refractivity (Wildman–Crippen MR) is 74.0 cm³/mol. The van der Waals surface area contributed by atoms with Crippen molar-refractivity contribution >= 4 is 10.0 Å². The van der Waals surface area contributed by atoms with Crippen molar-refractivity contribution in [1.29, 1.82) is 0 Å². The molecule has 0 radical (unpaired) electrons. The van der Waals surface area contributed by atoms with E-state index in [0.717, 1.165) is 18.4 Å². The standard InChI is InChI=1S/C14H21NO2S/c1-2-9-18(16,17)15-11-12-7-8-13-5-3-4-6-14(13)10-12/h7-8,10,15H,2-6,9,11H2,1H3. The molecule has 0 saturated carbocycles. The highest BCUT2D eigenvalue weighted by Crippen LogP contribution is 2.22. The number of aryl methyl sites for hydroxylation is 2. The van der Waals surface area contributed by atoms with Gasteiger partial charge in [0.2, 0.25) is 10.0 Å². The Balaban J connectivity index is 2.02. The van der Waals surface area contributed by atoms with Crippen molar-refractivity contribution in [2.24, 2.45) is 0 Å². The second-order valence-electron chi connectivity index (χ2n) is 4.95. The first-order valence-corrected chi connectivity index (χ1v) is 8.34. The van der Waals surface area contributed by atoms with Crippen molar-refractivity contribution in [2.75, 3.05) is 5.75 Å². The normalized spacial score (nSPS) is 15.4. The summed E-state index contributed by atoms with van der Waals surface area (Å²) in [7, 11) is -3.10. The van der Waals surface area contributed by atoms with E-state index in [4.69, 9.17) is 0 Å². The number of fused-ring (bicyclic) bond motifs is 1. The Bertz CT molecular complexity index is 509. The van der Waals surface area contributed by atoms with Crippen LogP contribution in [0.25, 0.3) is 0 Å². The van der Waals surface area contributed by atoms with Crippen LogP contribution in [0.15, 0.2) is 18.2 Å². The smallest absolute Gasteiger partial charge is 0.211 e. The summed E-state index contributed by atoms with van der Waals surface area (Å²) in [6.45, 7) is 2.29. The molecule has 0 bridgehead atoms. The SMILES string of the molecule is CCCS(=O)(=O)NCc1ccc2c(c1)CCCC2. The fourth-order valence-corrected chi connectivity index (χ4v) is 3.50. The lowest BCUT2D eigenvalue weighted by atomic mass is 9.90. The summed E-state index contributed by atoms with van der Waals surface area (Å²) >= 11 is 0. The fourth-order valence-electron chi connectivity index (χ4n) is 2.43. The second-order valence-corrected chi connectivity index (χ2v) is 6.88. The third-order valence-electron chi connectivity index (χ3n) is 3.38. The number of sulfonamides is 1. The van der Waals surface area contributed by atoms with Crippen LogP contribution in [0, 0.1) is 0 Å². The van der Waals surface area contributed by atoms with E-state index in [1.807, 2.05) is 13.0 Å². The molecule has 100 valence electrons. The molecule has 0 unspecified atom stereocenters. The van der Waals surface area contributed by atoms with E-state index < -0.39 is 10.0 Å². The Morgan fingerprint density at radius 3 is 2.61 bits per heavy atom. The topological polar surface area (TPSA) is 46.2 Å². The van der Waals surface area contributed by atoms with Crippen LogP contribution < -0.4 is 4.72 Å². The molecular weight excluding hydrogens is 246 g/mol. The number of hydrogen-bond donors (Lipinski definition) is 1. The molecule has 0 saturated heterocycles. The van der Waals surface area contributed by atoms with Crippen LogP contribution in [0.1, 0.15) is 42.9 Å². The van der Waals surface area contributed by atoms with Gasteiger partial charge in [-0.1, -0.05) is 25.1 Å². The van der Waals surface area contributed by atoms with Crippen LogP contribution in [0.4, 0.5) is 0 Å². The van der Waals surface area contributed by atoms with Gasteiger partial charge in [0.15, 0.2) is 0 Å². The predicted octanol–water partition coefficient (Wildman–Crippen LogP) is 2.39. The van der Waals surface area contributed by atoms with Gasteiger partial charge in [0.25, 0.3) is 0 Å². The fraction of sp³-hybridized carbons (Fsp3) is 0.571. The molecule has 1 aliphatic carbocycles. The Labute approximate surface area is 110 Å². The zero-order chi connectivity index (χ0) is 13.0. The van der Waals surface area contributed by atoms with Crippen molar-refractivity contribution in [2.45, 2.75) is 45.6 Å². The second kappa shape index (κ2) is 5.85. The van der Waals surface area contributed by atoms with Crippen molar-refractivity contribution < 1.29 is 8.42 Å². The van der Waals surface area contributed by atoms with Crippen molar-refractivity contribution in [3.63, 3.8) is 0 Å². The molecule has 1 aromatic rings. The average molecular weight is 267 g/mol. The molecule has 1 N–H and O–H groups in total. The molecule has 3 nitrogen and oxygen atoms in total. The summed E-state index contributed by atoms with van der Waals surface area (Å²) < 4.78 is 25.8. The Hall–Kier alpha value is -0.870. The van der Waals surface area contributed by atoms with Crippen LogP contribution in [0.3, 0.4) is 0 Å². The minimum atomic E-state index is -3.10. The summed E-state index contributed by atoms with van der Waals surface area (Å²) in [6.07, 6.45) is 5.47. The maximum absolute atomic E-state index is 11.6. The van der Waals surface area contributed by atoms with E-state index in [0.29, 0.717) is 13.0 Å². The van der Waals surface area contributed by atoms with Gasteiger partial charge in [-0.05, 0) is 48.8 Å². The van der Waals surface area contributed by atoms with Gasteiger partial charge in [0.05, 0.1) is 5.75 Å². The lowest BCUT2D eigenvalue weighted by Crippen LogP contribution is -2.25. The summed E-state index contributed by atoms with van der Waals surface area (Å²) in [4.78, 5) is 0. The number of nitrogens with one attached hydrogen (secondary N) is 1. The molecule has 2 rings (SSSR count). The van der Waals surface area contributed by atoms with E-state index >= 15 is 0 Å². The Morgan fingerprint density at radius 2 is 1.89 bits per heavy atom. The van der Waals surface area contributed by atoms with E-state index in [9.17, 15) is 8.42 Å². The lowest BCUT2D eigenvalue weighted by Gasteiger charge is -2.16. The maximum Gasteiger partial charge on any atom is 0.211 e. The highest BCUT2D eigenvalue weighted by molar-refractivity contribution is 7.89. The quantitative estimate of drug-likeness (QED) is 0.890. The lowest BCUT2D eigenvalue weighted by molar-refractivity contribution is 0.580. The Kier molecular flexibility index (Phi) is 4.40. The molecule has 0 atom stereocenters. The zero-order valence-corrected chi connectivity index (χ0v) is 11.7. The van der Waals surface area contributed by atoms with E-state index in [1.54, 1.807) is 0 Å². The number of rotatable bonds is 5. The number of benzene rings is 1. The highest BCUT2D eigenvalue weighted by atomic mass is 32.2. The molecule has 0 amide bonds. The van der Waals surface area contributed by atoms with Gasteiger partial charge >= 0.3 is 0 Å². The molecule has 0 fully saturated rings. The third-order valence-corrected chi connectivity index (χ3v) is 4.91. The molecule has 0 heterocycles.